The van der Waals surface area contributed by atoms with Crippen molar-refractivity contribution < 1.29 is 22.3 Å². The molecule has 1 aliphatic rings. The number of carbonyl (C=O) groups is 1. The summed E-state index contributed by atoms with van der Waals surface area (Å²) in [4.78, 5) is 23.9. The summed E-state index contributed by atoms with van der Waals surface area (Å²) in [5.41, 5.74) is 5.79. The number of amides is 1. The molecule has 0 aliphatic carbocycles. The number of nitrogens with two attached hydrogens (primary N) is 1. The Morgan fingerprint density at radius 3 is 2.59 bits per heavy atom. The molecule has 0 radical (unpaired) electrons. The summed E-state index contributed by atoms with van der Waals surface area (Å²) in [5.74, 6) is -0.0385. The molecule has 3 aromatic rings. The van der Waals surface area contributed by atoms with Gasteiger partial charge in [0, 0.05) is 17.6 Å². The summed E-state index contributed by atoms with van der Waals surface area (Å²) in [7, 11) is -4.31. The Morgan fingerprint density at radius 1 is 1.21 bits per heavy atom. The maximum Gasteiger partial charge on any atom is 0.281 e. The Hall–Kier alpha value is -3.73. The Balaban J connectivity index is 1.77. The van der Waals surface area contributed by atoms with Gasteiger partial charge in [-0.15, -0.1) is 0 Å². The number of halogens is 1. The SMILES string of the molecule is CC(C)COc1ccc(F)c(-c2ccc(C(=O)NS(=O)(=O)c3cccc(N)n3)c(N3CCC(C)C3(C)C)n2)c1. The Kier molecular flexibility index (Phi) is 7.83. The van der Waals surface area contributed by atoms with Gasteiger partial charge in [0.2, 0.25) is 0 Å². The predicted octanol–water partition coefficient (Wildman–Crippen LogP) is 4.64. The van der Waals surface area contributed by atoms with Crippen molar-refractivity contribution >= 4 is 27.6 Å². The number of hydrogen-bond acceptors (Lipinski definition) is 8. The quantitative estimate of drug-likeness (QED) is 0.411. The van der Waals surface area contributed by atoms with Crippen molar-refractivity contribution in [1.82, 2.24) is 14.7 Å². The minimum Gasteiger partial charge on any atom is -0.493 e. The van der Waals surface area contributed by atoms with Gasteiger partial charge < -0.3 is 15.4 Å². The fourth-order valence-corrected chi connectivity index (χ4v) is 5.40. The van der Waals surface area contributed by atoms with Gasteiger partial charge in [0.25, 0.3) is 15.9 Å². The Bertz CT molecular complexity index is 1490. The van der Waals surface area contributed by atoms with Crippen LogP contribution in [0.15, 0.2) is 53.6 Å². The fourth-order valence-electron chi connectivity index (χ4n) is 4.45. The molecule has 1 amide bonds. The molecule has 0 bridgehead atoms. The monoisotopic (exact) mass is 555 g/mol. The summed E-state index contributed by atoms with van der Waals surface area (Å²) in [6.45, 7) is 11.3. The van der Waals surface area contributed by atoms with Crippen LogP contribution in [-0.4, -0.2) is 43.0 Å². The number of nitrogens with zero attached hydrogens (tertiary/aromatic N) is 3. The zero-order valence-corrected chi connectivity index (χ0v) is 23.5. The highest BCUT2D eigenvalue weighted by molar-refractivity contribution is 7.90. The van der Waals surface area contributed by atoms with Crippen LogP contribution >= 0.6 is 0 Å². The number of aromatic nitrogens is 2. The number of pyridine rings is 2. The maximum atomic E-state index is 15.0. The van der Waals surface area contributed by atoms with Crippen LogP contribution in [0.3, 0.4) is 0 Å². The summed E-state index contributed by atoms with van der Waals surface area (Å²) in [6, 6.07) is 11.6. The first-order valence-electron chi connectivity index (χ1n) is 12.8. The highest BCUT2D eigenvalue weighted by atomic mass is 32.2. The maximum absolute atomic E-state index is 15.0. The molecule has 1 aliphatic heterocycles. The molecule has 1 saturated heterocycles. The average molecular weight is 556 g/mol. The Labute approximate surface area is 228 Å². The highest BCUT2D eigenvalue weighted by Crippen LogP contribution is 2.40. The molecule has 3 N–H and O–H groups in total. The third-order valence-electron chi connectivity index (χ3n) is 7.11. The van der Waals surface area contributed by atoms with Gasteiger partial charge in [0.05, 0.1) is 17.9 Å². The van der Waals surface area contributed by atoms with Crippen molar-refractivity contribution in [3.63, 3.8) is 0 Å². The number of benzene rings is 1. The van der Waals surface area contributed by atoms with E-state index in [0.717, 1.165) is 6.42 Å². The number of ether oxygens (including phenoxy) is 1. The molecule has 0 spiro atoms. The molecule has 4 rings (SSSR count). The summed E-state index contributed by atoms with van der Waals surface area (Å²) < 4.78 is 48.7. The molecule has 3 heterocycles. The lowest BCUT2D eigenvalue weighted by Crippen LogP contribution is -2.43. The van der Waals surface area contributed by atoms with Crippen molar-refractivity contribution in [3.05, 3.63) is 59.9 Å². The molecule has 2 aromatic heterocycles. The van der Waals surface area contributed by atoms with Crippen molar-refractivity contribution in [2.45, 2.75) is 51.6 Å². The largest absolute Gasteiger partial charge is 0.493 e. The third kappa shape index (κ3) is 5.98. The standard InChI is InChI=1S/C28H34FN5O4S/c1-17(2)16-38-19-9-11-22(29)21(15-19)23-12-10-20(26(31-23)34-14-13-18(3)28(34,4)5)27(35)33-39(36,37)25-8-6-7-24(30)32-25/h6-12,15,17-18H,13-14,16H2,1-5H3,(H2,30,32)(H,33,35). The van der Waals surface area contributed by atoms with Gasteiger partial charge in [-0.1, -0.05) is 26.8 Å². The van der Waals surface area contributed by atoms with Crippen LogP contribution in [0.4, 0.5) is 16.0 Å². The van der Waals surface area contributed by atoms with E-state index in [-0.39, 0.29) is 33.7 Å². The van der Waals surface area contributed by atoms with E-state index < -0.39 is 27.3 Å². The van der Waals surface area contributed by atoms with Gasteiger partial charge in [-0.3, -0.25) is 4.79 Å². The average Bonchev–Trinajstić information content (AvgIpc) is 3.14. The van der Waals surface area contributed by atoms with Crippen molar-refractivity contribution in [2.24, 2.45) is 11.8 Å². The fraction of sp³-hybridized carbons (Fsp3) is 0.393. The van der Waals surface area contributed by atoms with E-state index in [1.54, 1.807) is 12.1 Å². The summed E-state index contributed by atoms with van der Waals surface area (Å²) >= 11 is 0. The molecule has 39 heavy (non-hydrogen) atoms. The minimum atomic E-state index is -4.31. The number of hydrogen-bond donors (Lipinski definition) is 2. The molecule has 11 heteroatoms. The number of carbonyl (C=O) groups excluding carboxylic acids is 1. The lowest BCUT2D eigenvalue weighted by atomic mass is 9.90. The molecular weight excluding hydrogens is 521 g/mol. The van der Waals surface area contributed by atoms with Gasteiger partial charge in [0.1, 0.15) is 23.2 Å². The van der Waals surface area contributed by atoms with E-state index >= 15 is 0 Å². The first kappa shape index (κ1) is 28.3. The number of rotatable bonds is 8. The van der Waals surface area contributed by atoms with Crippen molar-refractivity contribution in [1.29, 1.82) is 0 Å². The van der Waals surface area contributed by atoms with Gasteiger partial charge in [-0.25, -0.2) is 19.1 Å². The molecule has 208 valence electrons. The number of nitrogen functional groups attached to an aromatic ring is 1. The van der Waals surface area contributed by atoms with Gasteiger partial charge in [-0.05, 0) is 74.6 Å². The van der Waals surface area contributed by atoms with Crippen molar-refractivity contribution in [2.75, 3.05) is 23.8 Å². The van der Waals surface area contributed by atoms with Crippen LogP contribution in [0.1, 0.15) is 51.4 Å². The molecule has 1 atom stereocenters. The minimum absolute atomic E-state index is 0.00599. The first-order valence-corrected chi connectivity index (χ1v) is 14.3. The van der Waals surface area contributed by atoms with Gasteiger partial charge >= 0.3 is 0 Å². The van der Waals surface area contributed by atoms with E-state index in [1.807, 2.05) is 32.6 Å². The molecule has 1 aromatic carbocycles. The van der Waals surface area contributed by atoms with Crippen molar-refractivity contribution in [3.8, 4) is 17.0 Å². The van der Waals surface area contributed by atoms with Crippen LogP contribution in [0.2, 0.25) is 0 Å². The number of anilines is 2. The van der Waals surface area contributed by atoms with E-state index in [2.05, 4.69) is 16.6 Å². The first-order chi connectivity index (χ1) is 18.3. The van der Waals surface area contributed by atoms with E-state index in [1.165, 1.54) is 36.4 Å². The van der Waals surface area contributed by atoms with Crippen LogP contribution in [0.25, 0.3) is 11.3 Å². The lowest BCUT2D eigenvalue weighted by molar-refractivity contribution is 0.0981. The van der Waals surface area contributed by atoms with Gasteiger partial charge in [-0.2, -0.15) is 8.42 Å². The van der Waals surface area contributed by atoms with Crippen LogP contribution < -0.4 is 20.1 Å². The molecule has 0 saturated carbocycles. The zero-order chi connectivity index (χ0) is 28.5. The highest BCUT2D eigenvalue weighted by Gasteiger charge is 2.41. The second-order valence-electron chi connectivity index (χ2n) is 10.7. The smallest absolute Gasteiger partial charge is 0.281 e. The van der Waals surface area contributed by atoms with E-state index in [0.29, 0.717) is 30.5 Å². The predicted molar refractivity (Wildman–Crippen MR) is 148 cm³/mol. The summed E-state index contributed by atoms with van der Waals surface area (Å²) in [6.07, 6.45) is 0.846. The third-order valence-corrected chi connectivity index (χ3v) is 8.34. The normalized spacial score (nSPS) is 16.9. The molecule has 9 nitrogen and oxygen atoms in total. The zero-order valence-electron chi connectivity index (χ0n) is 22.7. The van der Waals surface area contributed by atoms with E-state index in [4.69, 9.17) is 15.5 Å². The second kappa shape index (κ2) is 10.8. The lowest BCUT2D eigenvalue weighted by Gasteiger charge is -2.36. The summed E-state index contributed by atoms with van der Waals surface area (Å²) in [5, 5.41) is -0.377. The molecule has 1 unspecified atom stereocenters. The van der Waals surface area contributed by atoms with Crippen LogP contribution in [0, 0.1) is 17.7 Å². The Morgan fingerprint density at radius 2 is 1.95 bits per heavy atom. The van der Waals surface area contributed by atoms with Crippen LogP contribution in [-0.2, 0) is 10.0 Å². The molecule has 1 fully saturated rings. The molecular formula is C28H34FN5O4S. The second-order valence-corrected chi connectivity index (χ2v) is 12.4. The van der Waals surface area contributed by atoms with Crippen LogP contribution in [0.5, 0.6) is 5.75 Å². The topological polar surface area (TPSA) is 128 Å². The van der Waals surface area contributed by atoms with E-state index in [9.17, 15) is 17.6 Å². The van der Waals surface area contributed by atoms with Gasteiger partial charge in [0.15, 0.2) is 5.03 Å². The number of sulfonamides is 1. The number of nitrogens with one attached hydrogen (secondary N) is 1.